The summed E-state index contributed by atoms with van der Waals surface area (Å²) in [6, 6.07) is -0.439. The molecule has 0 radical (unpaired) electrons. The normalized spacial score (nSPS) is 17.8. The van der Waals surface area contributed by atoms with Crippen LogP contribution in [0.5, 0.6) is 0 Å². The molecule has 9 heteroatoms. The Hall–Kier alpha value is -1.55. The van der Waals surface area contributed by atoms with Crippen molar-refractivity contribution in [3.63, 3.8) is 0 Å². The highest BCUT2D eigenvalue weighted by Gasteiger charge is 2.25. The van der Waals surface area contributed by atoms with Crippen molar-refractivity contribution in [2.45, 2.75) is 64.4 Å². The van der Waals surface area contributed by atoms with Gasteiger partial charge in [0.25, 0.3) is 0 Å². The molecule has 0 bridgehead atoms. The molecule has 26 heavy (non-hydrogen) atoms. The molecule has 2 rings (SSSR count). The molecular weight excluding hydrogens is 336 g/mol. The molecule has 0 spiro atoms. The Morgan fingerprint density at radius 3 is 2.96 bits per heavy atom. The molecule has 1 saturated carbocycles. The predicted octanol–water partition coefficient (Wildman–Crippen LogP) is -0.254. The molecule has 9 nitrogen and oxygen atoms in total. The van der Waals surface area contributed by atoms with E-state index in [2.05, 4.69) is 20.9 Å². The number of carbonyl (C=O) groups is 1. The molecule has 1 heterocycles. The highest BCUT2D eigenvalue weighted by atomic mass is 16.6. The van der Waals surface area contributed by atoms with Crippen molar-refractivity contribution < 1.29 is 14.6 Å². The van der Waals surface area contributed by atoms with E-state index in [1.54, 1.807) is 10.9 Å². The summed E-state index contributed by atoms with van der Waals surface area (Å²) in [4.78, 5) is 12.2. The van der Waals surface area contributed by atoms with Gasteiger partial charge in [-0.3, -0.25) is 9.48 Å². The zero-order chi connectivity index (χ0) is 18.8. The lowest BCUT2D eigenvalue weighted by atomic mass is 9.84. The van der Waals surface area contributed by atoms with E-state index in [-0.39, 0.29) is 11.8 Å². The number of aliphatic hydroxyl groups is 1. The van der Waals surface area contributed by atoms with Crippen molar-refractivity contribution >= 4 is 5.91 Å². The molecule has 1 aliphatic rings. The van der Waals surface area contributed by atoms with E-state index in [1.807, 2.05) is 6.92 Å². The molecule has 148 valence electrons. The van der Waals surface area contributed by atoms with Gasteiger partial charge < -0.3 is 26.2 Å². The molecule has 0 aliphatic heterocycles. The van der Waals surface area contributed by atoms with Crippen LogP contribution >= 0.6 is 0 Å². The maximum absolute atomic E-state index is 12.2. The van der Waals surface area contributed by atoms with Crippen LogP contribution in [0.1, 0.15) is 44.7 Å². The number of ether oxygens (including phenoxy) is 1. The summed E-state index contributed by atoms with van der Waals surface area (Å²) in [5.74, 6) is 0.176. The first-order valence-electron chi connectivity index (χ1n) is 9.52. The Bertz CT molecular complexity index is 532. The molecule has 0 aromatic carbocycles. The molecule has 2 atom stereocenters. The second-order valence-electron chi connectivity index (χ2n) is 6.73. The number of hydrogen-bond acceptors (Lipinski definition) is 7. The lowest BCUT2D eigenvalue weighted by Gasteiger charge is -2.26. The number of nitrogens with two attached hydrogens (primary N) is 1. The summed E-state index contributed by atoms with van der Waals surface area (Å²) in [6.45, 7) is 4.25. The van der Waals surface area contributed by atoms with Crippen molar-refractivity contribution in [3.8, 4) is 0 Å². The van der Waals surface area contributed by atoms with Crippen molar-refractivity contribution in [1.82, 2.24) is 25.6 Å². The van der Waals surface area contributed by atoms with Crippen molar-refractivity contribution in [2.75, 3.05) is 19.7 Å². The number of nitrogens with one attached hydrogen (secondary N) is 2. The Morgan fingerprint density at radius 2 is 2.23 bits per heavy atom. The SMILES string of the molecule is CCOC(O)CNCCn1cc(CNC(=O)[C@H](N)C2CCCCC2)nn1. The number of nitrogens with zero attached hydrogens (tertiary/aromatic N) is 3. The van der Waals surface area contributed by atoms with Gasteiger partial charge in [-0.2, -0.15) is 0 Å². The molecule has 1 fully saturated rings. The van der Waals surface area contributed by atoms with E-state index in [0.717, 1.165) is 25.7 Å². The van der Waals surface area contributed by atoms with Crippen LogP contribution < -0.4 is 16.4 Å². The average Bonchev–Trinajstić information content (AvgIpc) is 3.11. The predicted molar refractivity (Wildman–Crippen MR) is 96.9 cm³/mol. The molecule has 1 aromatic rings. The second kappa shape index (κ2) is 11.2. The van der Waals surface area contributed by atoms with Gasteiger partial charge in [-0.1, -0.05) is 24.5 Å². The Labute approximate surface area is 154 Å². The van der Waals surface area contributed by atoms with E-state index in [0.29, 0.717) is 38.5 Å². The summed E-state index contributed by atoms with van der Waals surface area (Å²) in [5.41, 5.74) is 6.79. The largest absolute Gasteiger partial charge is 0.367 e. The first kappa shape index (κ1) is 20.8. The van der Waals surface area contributed by atoms with Gasteiger partial charge in [0, 0.05) is 19.7 Å². The van der Waals surface area contributed by atoms with Crippen LogP contribution in [0.2, 0.25) is 0 Å². The van der Waals surface area contributed by atoms with Crippen LogP contribution in [0.4, 0.5) is 0 Å². The number of aromatic nitrogens is 3. The molecule has 1 amide bonds. The van der Waals surface area contributed by atoms with Crippen LogP contribution in [0.25, 0.3) is 0 Å². The number of carbonyl (C=O) groups excluding carboxylic acids is 1. The van der Waals surface area contributed by atoms with Gasteiger partial charge in [0.2, 0.25) is 5.91 Å². The minimum atomic E-state index is -0.796. The maximum atomic E-state index is 12.2. The van der Waals surface area contributed by atoms with Crippen molar-refractivity contribution in [1.29, 1.82) is 0 Å². The number of amides is 1. The number of rotatable bonds is 11. The molecular formula is C17H32N6O3. The van der Waals surface area contributed by atoms with Gasteiger partial charge in [0.1, 0.15) is 5.69 Å². The second-order valence-corrected chi connectivity index (χ2v) is 6.73. The molecule has 5 N–H and O–H groups in total. The third-order valence-electron chi connectivity index (χ3n) is 4.69. The van der Waals surface area contributed by atoms with Crippen LogP contribution in [0, 0.1) is 5.92 Å². The minimum absolute atomic E-state index is 0.113. The number of hydrogen-bond donors (Lipinski definition) is 4. The summed E-state index contributed by atoms with van der Waals surface area (Å²) in [5, 5.41) is 23.5. The zero-order valence-corrected chi connectivity index (χ0v) is 15.6. The van der Waals surface area contributed by atoms with E-state index in [9.17, 15) is 9.90 Å². The molecule has 1 unspecified atom stereocenters. The van der Waals surface area contributed by atoms with Gasteiger partial charge in [-0.25, -0.2) is 0 Å². The fourth-order valence-corrected chi connectivity index (χ4v) is 3.20. The van der Waals surface area contributed by atoms with Gasteiger partial charge in [-0.15, -0.1) is 5.10 Å². The van der Waals surface area contributed by atoms with Crippen LogP contribution in [0.3, 0.4) is 0 Å². The Kier molecular flexibility index (Phi) is 8.96. The fraction of sp³-hybridized carbons (Fsp3) is 0.824. The van der Waals surface area contributed by atoms with Gasteiger partial charge >= 0.3 is 0 Å². The third-order valence-corrected chi connectivity index (χ3v) is 4.69. The van der Waals surface area contributed by atoms with E-state index in [4.69, 9.17) is 10.5 Å². The van der Waals surface area contributed by atoms with E-state index < -0.39 is 12.3 Å². The smallest absolute Gasteiger partial charge is 0.237 e. The maximum Gasteiger partial charge on any atom is 0.237 e. The molecule has 0 saturated heterocycles. The average molecular weight is 368 g/mol. The fourth-order valence-electron chi connectivity index (χ4n) is 3.20. The number of aliphatic hydroxyl groups excluding tert-OH is 1. The zero-order valence-electron chi connectivity index (χ0n) is 15.6. The summed E-state index contributed by atoms with van der Waals surface area (Å²) >= 11 is 0. The topological polar surface area (TPSA) is 127 Å². The van der Waals surface area contributed by atoms with Crippen molar-refractivity contribution in [2.24, 2.45) is 11.7 Å². The Balaban J connectivity index is 1.65. The standard InChI is InChI=1S/C17H32N6O3/c1-2-26-15(24)11-19-8-9-23-12-14(21-22-23)10-20-17(25)16(18)13-6-4-3-5-7-13/h12-13,15-16,19,24H,2-11,18H2,1H3,(H,20,25)/t15?,16-/m1/s1. The highest BCUT2D eigenvalue weighted by Crippen LogP contribution is 2.25. The lowest BCUT2D eigenvalue weighted by Crippen LogP contribution is -2.45. The minimum Gasteiger partial charge on any atom is -0.367 e. The monoisotopic (exact) mass is 368 g/mol. The first-order valence-corrected chi connectivity index (χ1v) is 9.52. The van der Waals surface area contributed by atoms with Gasteiger partial charge in [0.15, 0.2) is 6.29 Å². The Morgan fingerprint density at radius 1 is 1.46 bits per heavy atom. The molecule has 1 aromatic heterocycles. The summed E-state index contributed by atoms with van der Waals surface area (Å²) < 4.78 is 6.72. The van der Waals surface area contributed by atoms with Gasteiger partial charge in [0.05, 0.1) is 25.3 Å². The van der Waals surface area contributed by atoms with E-state index in [1.165, 1.54) is 6.42 Å². The summed E-state index contributed by atoms with van der Waals surface area (Å²) in [7, 11) is 0. The van der Waals surface area contributed by atoms with Gasteiger partial charge in [-0.05, 0) is 25.7 Å². The summed E-state index contributed by atoms with van der Waals surface area (Å²) in [6.07, 6.45) is 6.65. The quantitative estimate of drug-likeness (QED) is 0.313. The highest BCUT2D eigenvalue weighted by molar-refractivity contribution is 5.81. The first-order chi connectivity index (χ1) is 12.6. The van der Waals surface area contributed by atoms with Crippen molar-refractivity contribution in [3.05, 3.63) is 11.9 Å². The van der Waals surface area contributed by atoms with Crippen LogP contribution in [-0.2, 0) is 22.6 Å². The van der Waals surface area contributed by atoms with Crippen LogP contribution in [-0.4, -0.2) is 58.0 Å². The molecule has 1 aliphatic carbocycles. The van der Waals surface area contributed by atoms with Crippen LogP contribution in [0.15, 0.2) is 6.20 Å². The third kappa shape index (κ3) is 6.99. The lowest BCUT2D eigenvalue weighted by molar-refractivity contribution is -0.124. The van der Waals surface area contributed by atoms with E-state index >= 15 is 0 Å².